The molecule has 1 aliphatic carbocycles. The molecule has 3 atom stereocenters. The van der Waals surface area contributed by atoms with Crippen LogP contribution in [0.5, 0.6) is 0 Å². The molecule has 2 nitrogen and oxygen atoms in total. The van der Waals surface area contributed by atoms with Gasteiger partial charge in [-0.1, -0.05) is 13.0 Å². The summed E-state index contributed by atoms with van der Waals surface area (Å²) in [5.74, 6) is 1.41. The Morgan fingerprint density at radius 1 is 1.33 bits per heavy atom. The van der Waals surface area contributed by atoms with Crippen LogP contribution >= 0.6 is 0 Å². The third kappa shape index (κ3) is 2.05. The van der Waals surface area contributed by atoms with Gasteiger partial charge in [-0.25, -0.2) is 0 Å². The molecule has 3 unspecified atom stereocenters. The fourth-order valence-electron chi connectivity index (χ4n) is 2.74. The van der Waals surface area contributed by atoms with Crippen LogP contribution in [0.4, 0.5) is 0 Å². The number of rotatable bonds is 2. The van der Waals surface area contributed by atoms with Gasteiger partial charge in [-0.2, -0.15) is 0 Å². The Labute approximate surface area is 92.1 Å². The van der Waals surface area contributed by atoms with Crippen molar-refractivity contribution in [3.63, 3.8) is 0 Å². The van der Waals surface area contributed by atoms with Gasteiger partial charge in [-0.15, -0.1) is 0 Å². The van der Waals surface area contributed by atoms with Crippen molar-refractivity contribution >= 4 is 0 Å². The SMILES string of the molecule is CNC1CCC(c2ccc(C)nc2)C1C. The van der Waals surface area contributed by atoms with E-state index >= 15 is 0 Å². The van der Waals surface area contributed by atoms with Crippen molar-refractivity contribution in [1.29, 1.82) is 0 Å². The van der Waals surface area contributed by atoms with Crippen LogP contribution in [0, 0.1) is 12.8 Å². The van der Waals surface area contributed by atoms with Crippen molar-refractivity contribution in [3.8, 4) is 0 Å². The van der Waals surface area contributed by atoms with Gasteiger partial charge in [0.15, 0.2) is 0 Å². The first-order valence-corrected chi connectivity index (χ1v) is 5.82. The van der Waals surface area contributed by atoms with Crippen LogP contribution in [0.15, 0.2) is 18.3 Å². The number of aromatic nitrogens is 1. The quantitative estimate of drug-likeness (QED) is 0.800. The number of nitrogens with one attached hydrogen (secondary N) is 1. The summed E-state index contributed by atoms with van der Waals surface area (Å²) in [6, 6.07) is 5.03. The van der Waals surface area contributed by atoms with Crippen molar-refractivity contribution in [2.24, 2.45) is 5.92 Å². The molecule has 82 valence electrons. The summed E-state index contributed by atoms with van der Waals surface area (Å²) in [5.41, 5.74) is 2.51. The van der Waals surface area contributed by atoms with E-state index in [9.17, 15) is 0 Å². The van der Waals surface area contributed by atoms with E-state index < -0.39 is 0 Å². The lowest BCUT2D eigenvalue weighted by molar-refractivity contribution is 0.428. The van der Waals surface area contributed by atoms with Crippen LogP contribution in [-0.2, 0) is 0 Å². The highest BCUT2D eigenvalue weighted by Crippen LogP contribution is 2.38. The van der Waals surface area contributed by atoms with E-state index in [4.69, 9.17) is 0 Å². The van der Waals surface area contributed by atoms with Crippen LogP contribution in [0.1, 0.15) is 36.9 Å². The van der Waals surface area contributed by atoms with Crippen LogP contribution in [0.2, 0.25) is 0 Å². The van der Waals surface area contributed by atoms with E-state index in [1.165, 1.54) is 18.4 Å². The molecule has 1 fully saturated rings. The second-order valence-corrected chi connectivity index (χ2v) is 4.67. The lowest BCUT2D eigenvalue weighted by Gasteiger charge is -2.20. The Hall–Kier alpha value is -0.890. The Morgan fingerprint density at radius 3 is 2.67 bits per heavy atom. The fourth-order valence-corrected chi connectivity index (χ4v) is 2.74. The van der Waals surface area contributed by atoms with Crippen LogP contribution in [0.25, 0.3) is 0 Å². The Morgan fingerprint density at radius 2 is 2.13 bits per heavy atom. The minimum Gasteiger partial charge on any atom is -0.317 e. The molecule has 0 saturated heterocycles. The first-order chi connectivity index (χ1) is 7.22. The van der Waals surface area contributed by atoms with E-state index in [-0.39, 0.29) is 0 Å². The maximum Gasteiger partial charge on any atom is 0.0372 e. The molecule has 0 amide bonds. The number of nitrogens with zero attached hydrogens (tertiary/aromatic N) is 1. The van der Waals surface area contributed by atoms with E-state index in [0.29, 0.717) is 12.0 Å². The van der Waals surface area contributed by atoms with Crippen molar-refractivity contribution in [1.82, 2.24) is 10.3 Å². The van der Waals surface area contributed by atoms with Crippen molar-refractivity contribution < 1.29 is 0 Å². The van der Waals surface area contributed by atoms with Gasteiger partial charge >= 0.3 is 0 Å². The van der Waals surface area contributed by atoms with E-state index in [0.717, 1.165) is 11.6 Å². The van der Waals surface area contributed by atoms with Crippen molar-refractivity contribution in [3.05, 3.63) is 29.6 Å². The maximum absolute atomic E-state index is 4.39. The second-order valence-electron chi connectivity index (χ2n) is 4.67. The Balaban J connectivity index is 2.15. The Kier molecular flexibility index (Phi) is 3.06. The molecule has 0 aromatic carbocycles. The molecular formula is C13H20N2. The van der Waals surface area contributed by atoms with Gasteiger partial charge in [0.25, 0.3) is 0 Å². The molecular weight excluding hydrogens is 184 g/mol. The molecule has 0 spiro atoms. The zero-order chi connectivity index (χ0) is 10.8. The number of hydrogen-bond donors (Lipinski definition) is 1. The van der Waals surface area contributed by atoms with Gasteiger partial charge < -0.3 is 5.32 Å². The lowest BCUT2D eigenvalue weighted by atomic mass is 9.90. The smallest absolute Gasteiger partial charge is 0.0372 e. The first kappa shape index (κ1) is 10.6. The minimum atomic E-state index is 0.677. The third-order valence-electron chi connectivity index (χ3n) is 3.79. The van der Waals surface area contributed by atoms with E-state index in [1.54, 1.807) is 0 Å². The molecule has 2 heteroatoms. The highest BCUT2D eigenvalue weighted by atomic mass is 14.9. The van der Waals surface area contributed by atoms with E-state index in [2.05, 4.69) is 42.6 Å². The molecule has 0 aliphatic heterocycles. The second kappa shape index (κ2) is 4.31. The Bertz CT molecular complexity index is 318. The van der Waals surface area contributed by atoms with Gasteiger partial charge in [-0.05, 0) is 50.3 Å². The molecule has 15 heavy (non-hydrogen) atoms. The summed E-state index contributed by atoms with van der Waals surface area (Å²) < 4.78 is 0. The van der Waals surface area contributed by atoms with Crippen LogP contribution in [0.3, 0.4) is 0 Å². The molecule has 1 aromatic heterocycles. The zero-order valence-electron chi connectivity index (χ0n) is 9.83. The molecule has 0 radical (unpaired) electrons. The third-order valence-corrected chi connectivity index (χ3v) is 3.79. The summed E-state index contributed by atoms with van der Waals surface area (Å²) >= 11 is 0. The van der Waals surface area contributed by atoms with Gasteiger partial charge in [-0.3, -0.25) is 4.98 Å². The average Bonchev–Trinajstić information content (AvgIpc) is 2.61. The summed E-state index contributed by atoms with van der Waals surface area (Å²) in [7, 11) is 2.07. The zero-order valence-corrected chi connectivity index (χ0v) is 9.83. The number of pyridine rings is 1. The van der Waals surface area contributed by atoms with Gasteiger partial charge in [0, 0.05) is 17.9 Å². The fraction of sp³-hybridized carbons (Fsp3) is 0.615. The van der Waals surface area contributed by atoms with E-state index in [1.807, 2.05) is 6.92 Å². The summed E-state index contributed by atoms with van der Waals surface area (Å²) in [4.78, 5) is 4.39. The monoisotopic (exact) mass is 204 g/mol. The summed E-state index contributed by atoms with van der Waals surface area (Å²) in [6.07, 6.45) is 4.63. The van der Waals surface area contributed by atoms with Gasteiger partial charge in [0.05, 0.1) is 0 Å². The van der Waals surface area contributed by atoms with Crippen LogP contribution in [-0.4, -0.2) is 18.1 Å². The molecule has 1 heterocycles. The van der Waals surface area contributed by atoms with Crippen molar-refractivity contribution in [2.45, 2.75) is 38.6 Å². The number of aryl methyl sites for hydroxylation is 1. The lowest BCUT2D eigenvalue weighted by Crippen LogP contribution is -2.28. The predicted molar refractivity (Wildman–Crippen MR) is 63.0 cm³/mol. The highest BCUT2D eigenvalue weighted by molar-refractivity contribution is 5.20. The standard InChI is InChI=1S/C13H20N2/c1-9-4-5-11(8-15-9)12-6-7-13(14-3)10(12)2/h4-5,8,10,12-14H,6-7H2,1-3H3. The molecule has 1 N–H and O–H groups in total. The molecule has 2 rings (SSSR count). The molecule has 1 aromatic rings. The largest absolute Gasteiger partial charge is 0.317 e. The van der Waals surface area contributed by atoms with Gasteiger partial charge in [0.2, 0.25) is 0 Å². The van der Waals surface area contributed by atoms with Gasteiger partial charge in [0.1, 0.15) is 0 Å². The maximum atomic E-state index is 4.39. The normalized spacial score (nSPS) is 30.7. The number of hydrogen-bond acceptors (Lipinski definition) is 2. The topological polar surface area (TPSA) is 24.9 Å². The molecule has 1 aliphatic rings. The van der Waals surface area contributed by atoms with Crippen molar-refractivity contribution in [2.75, 3.05) is 7.05 Å². The predicted octanol–water partition coefficient (Wildman–Crippen LogP) is 2.49. The molecule has 1 saturated carbocycles. The molecule has 0 bridgehead atoms. The minimum absolute atomic E-state index is 0.677. The first-order valence-electron chi connectivity index (χ1n) is 5.82. The van der Waals surface area contributed by atoms with Crippen LogP contribution < -0.4 is 5.32 Å². The average molecular weight is 204 g/mol. The highest BCUT2D eigenvalue weighted by Gasteiger charge is 2.32. The summed E-state index contributed by atoms with van der Waals surface area (Å²) in [5, 5.41) is 3.40. The summed E-state index contributed by atoms with van der Waals surface area (Å²) in [6.45, 7) is 4.39.